The number of benzene rings is 12. The molecule has 0 atom stereocenters. The molecule has 5 heteroatoms. The number of hydrogen-bond donors (Lipinski definition) is 0. The van der Waals surface area contributed by atoms with Gasteiger partial charge in [0.15, 0.2) is 17.5 Å². The molecule has 3 heterocycles. The highest BCUT2D eigenvalue weighted by Crippen LogP contribution is 2.48. The minimum absolute atomic E-state index is 0.610. The van der Waals surface area contributed by atoms with Crippen molar-refractivity contribution >= 4 is 107 Å². The zero-order chi connectivity index (χ0) is 45.9. The van der Waals surface area contributed by atoms with Gasteiger partial charge in [0.25, 0.3) is 0 Å². The van der Waals surface area contributed by atoms with E-state index in [2.05, 4.69) is 217 Å². The summed E-state index contributed by atoms with van der Waals surface area (Å²) in [6.45, 7) is 0. The summed E-state index contributed by atoms with van der Waals surface area (Å²) < 4.78 is 5.02. The maximum absolute atomic E-state index is 5.52. The van der Waals surface area contributed by atoms with Crippen molar-refractivity contribution in [3.63, 3.8) is 0 Å². The van der Waals surface area contributed by atoms with Crippen LogP contribution in [0.3, 0.4) is 0 Å². The number of aromatic nitrogens is 4. The predicted molar refractivity (Wildman–Crippen MR) is 296 cm³/mol. The molecule has 70 heavy (non-hydrogen) atoms. The molecule has 4 nitrogen and oxygen atoms in total. The molecular formula is C65H38N4S. The number of nitrogens with zero attached hydrogens (tertiary/aromatic N) is 4. The molecule has 0 fully saturated rings. The summed E-state index contributed by atoms with van der Waals surface area (Å²) in [5.41, 5.74) is 8.46. The fraction of sp³-hybridized carbons (Fsp3) is 0. The van der Waals surface area contributed by atoms with Gasteiger partial charge in [-0.3, -0.25) is 0 Å². The molecule has 0 saturated carbocycles. The maximum Gasteiger partial charge on any atom is 0.164 e. The molecule has 0 saturated heterocycles. The molecule has 0 amide bonds. The first kappa shape index (κ1) is 39.0. The van der Waals surface area contributed by atoms with Gasteiger partial charge in [-0.2, -0.15) is 0 Å². The van der Waals surface area contributed by atoms with Crippen molar-refractivity contribution in [1.82, 2.24) is 19.5 Å². The van der Waals surface area contributed by atoms with Crippen LogP contribution in [0.4, 0.5) is 0 Å². The summed E-state index contributed by atoms with van der Waals surface area (Å²) in [6, 6.07) is 83.4. The Bertz CT molecular complexity index is 4620. The largest absolute Gasteiger partial charge is 0.309 e. The van der Waals surface area contributed by atoms with Crippen LogP contribution in [0, 0.1) is 0 Å². The van der Waals surface area contributed by atoms with Crippen LogP contribution in [0.2, 0.25) is 0 Å². The van der Waals surface area contributed by atoms with Crippen LogP contribution in [0.5, 0.6) is 0 Å². The summed E-state index contributed by atoms with van der Waals surface area (Å²) in [5, 5.41) is 16.9. The number of rotatable bonds is 5. The van der Waals surface area contributed by atoms with Gasteiger partial charge in [-0.25, -0.2) is 15.0 Å². The molecule has 0 aliphatic carbocycles. The number of fused-ring (bicyclic) bond motifs is 15. The Labute approximate surface area is 406 Å². The van der Waals surface area contributed by atoms with Gasteiger partial charge < -0.3 is 4.57 Å². The number of thiophene rings is 1. The highest BCUT2D eigenvalue weighted by molar-refractivity contribution is 7.26. The van der Waals surface area contributed by atoms with E-state index in [1.165, 1.54) is 85.0 Å². The number of hydrogen-bond acceptors (Lipinski definition) is 4. The monoisotopic (exact) mass is 906 g/mol. The van der Waals surface area contributed by atoms with Gasteiger partial charge in [-0.05, 0) is 103 Å². The van der Waals surface area contributed by atoms with Crippen molar-refractivity contribution in [2.45, 2.75) is 0 Å². The second kappa shape index (κ2) is 15.2. The van der Waals surface area contributed by atoms with E-state index < -0.39 is 0 Å². The summed E-state index contributed by atoms with van der Waals surface area (Å²) in [4.78, 5) is 16.2. The maximum atomic E-state index is 5.52. The Morgan fingerprint density at radius 2 is 0.871 bits per heavy atom. The van der Waals surface area contributed by atoms with Crippen LogP contribution < -0.4 is 0 Å². The molecule has 0 bridgehead atoms. The Hall–Kier alpha value is -9.03. The third kappa shape index (κ3) is 5.86. The normalized spacial score (nSPS) is 12.0. The van der Waals surface area contributed by atoms with Crippen LogP contribution in [-0.4, -0.2) is 19.5 Å². The third-order valence-electron chi connectivity index (χ3n) is 14.4. The molecule has 0 unspecified atom stereocenters. The second-order valence-electron chi connectivity index (χ2n) is 18.2. The summed E-state index contributed by atoms with van der Waals surface area (Å²) in [6.07, 6.45) is 0. The lowest BCUT2D eigenvalue weighted by Gasteiger charge is -2.18. The highest BCUT2D eigenvalue weighted by atomic mass is 32.1. The third-order valence-corrected chi connectivity index (χ3v) is 15.6. The number of para-hydroxylation sites is 1. The lowest BCUT2D eigenvalue weighted by molar-refractivity contribution is 1.08. The first-order valence-corrected chi connectivity index (χ1v) is 24.6. The second-order valence-corrected chi connectivity index (χ2v) is 19.3. The Kier molecular flexibility index (Phi) is 8.49. The van der Waals surface area contributed by atoms with Gasteiger partial charge in [0.2, 0.25) is 0 Å². The molecule has 15 aromatic rings. The van der Waals surface area contributed by atoms with E-state index in [4.69, 9.17) is 15.0 Å². The van der Waals surface area contributed by atoms with Gasteiger partial charge in [0, 0.05) is 58.6 Å². The van der Waals surface area contributed by atoms with Crippen molar-refractivity contribution in [2.75, 3.05) is 0 Å². The Morgan fingerprint density at radius 1 is 0.300 bits per heavy atom. The van der Waals surface area contributed by atoms with Gasteiger partial charge in [-0.15, -0.1) is 11.3 Å². The fourth-order valence-electron chi connectivity index (χ4n) is 11.3. The van der Waals surface area contributed by atoms with Crippen molar-refractivity contribution in [1.29, 1.82) is 0 Å². The topological polar surface area (TPSA) is 43.6 Å². The molecule has 0 N–H and O–H groups in total. The summed E-state index contributed by atoms with van der Waals surface area (Å²) >= 11 is 1.87. The molecule has 15 rings (SSSR count). The van der Waals surface area contributed by atoms with E-state index in [1.54, 1.807) is 0 Å². The first-order chi connectivity index (χ1) is 34.7. The molecule has 0 spiro atoms. The first-order valence-electron chi connectivity index (χ1n) is 23.8. The van der Waals surface area contributed by atoms with Crippen LogP contribution in [0.1, 0.15) is 0 Å². The zero-order valence-corrected chi connectivity index (χ0v) is 38.5. The van der Waals surface area contributed by atoms with Crippen molar-refractivity contribution in [2.24, 2.45) is 0 Å². The van der Waals surface area contributed by atoms with Gasteiger partial charge in [-0.1, -0.05) is 182 Å². The molecule has 12 aromatic carbocycles. The molecule has 0 radical (unpaired) electrons. The van der Waals surface area contributed by atoms with Crippen LogP contribution in [0.25, 0.3) is 147 Å². The van der Waals surface area contributed by atoms with E-state index >= 15 is 0 Å². The Balaban J connectivity index is 1.06. The van der Waals surface area contributed by atoms with Crippen LogP contribution >= 0.6 is 11.3 Å². The lowest BCUT2D eigenvalue weighted by atomic mass is 9.91. The smallest absolute Gasteiger partial charge is 0.164 e. The van der Waals surface area contributed by atoms with Crippen molar-refractivity contribution in [3.05, 3.63) is 231 Å². The average Bonchev–Trinajstić information content (AvgIpc) is 3.98. The van der Waals surface area contributed by atoms with E-state index in [-0.39, 0.29) is 0 Å². The predicted octanol–water partition coefficient (Wildman–Crippen LogP) is 17.8. The highest BCUT2D eigenvalue weighted by Gasteiger charge is 2.23. The van der Waals surface area contributed by atoms with Crippen LogP contribution in [-0.2, 0) is 0 Å². The fourth-order valence-corrected chi connectivity index (χ4v) is 12.5. The molecule has 3 aromatic heterocycles. The van der Waals surface area contributed by atoms with E-state index in [0.717, 1.165) is 44.4 Å². The standard InChI is InChI=1S/C65H38N4S/c1-2-17-39(18-3-1)63-66-64(68-65(67-63)52-30-16-29-50-47-24-9-8-23-45(47)46-25-10-11-27-49(46)60(50)52)43-33-34-57(69-56-31-14-12-26-48(56)53-35-40-19-4-5-20-41(40)38-58(53)69)54(37-43)55-36-42-21-6-7-22-44(42)62-61(55)51-28-13-15-32-59(51)70-62/h1-38H. The zero-order valence-electron chi connectivity index (χ0n) is 37.6. The average molecular weight is 907 g/mol. The van der Waals surface area contributed by atoms with E-state index in [0.29, 0.717) is 17.5 Å². The van der Waals surface area contributed by atoms with E-state index in [9.17, 15) is 0 Å². The quantitative estimate of drug-likeness (QED) is 0.162. The van der Waals surface area contributed by atoms with E-state index in [1.807, 2.05) is 29.5 Å². The molecule has 0 aliphatic heterocycles. The van der Waals surface area contributed by atoms with Crippen molar-refractivity contribution < 1.29 is 0 Å². The van der Waals surface area contributed by atoms with Crippen LogP contribution in [0.15, 0.2) is 231 Å². The lowest BCUT2D eigenvalue weighted by Crippen LogP contribution is -2.02. The SMILES string of the molecule is c1ccc(-c2nc(-c3ccc(-n4c5ccccc5c5cc6ccccc6cc54)c(-c4cc5ccccc5c5sc6ccccc6c45)c3)nc(-c3cccc4c5ccccc5c5ccccc5c34)n2)cc1. The van der Waals surface area contributed by atoms with Gasteiger partial charge in [0.1, 0.15) is 0 Å². The Morgan fingerprint density at radius 3 is 1.64 bits per heavy atom. The minimum Gasteiger partial charge on any atom is -0.309 e. The molecule has 324 valence electrons. The van der Waals surface area contributed by atoms with Crippen molar-refractivity contribution in [3.8, 4) is 51.0 Å². The summed E-state index contributed by atoms with van der Waals surface area (Å²) in [7, 11) is 0. The van der Waals surface area contributed by atoms with Gasteiger partial charge in [0.05, 0.1) is 16.7 Å². The summed E-state index contributed by atoms with van der Waals surface area (Å²) in [5.74, 6) is 1.87. The van der Waals surface area contributed by atoms with Gasteiger partial charge >= 0.3 is 0 Å². The molecular weight excluding hydrogens is 869 g/mol. The molecule has 0 aliphatic rings. The minimum atomic E-state index is 0.610.